The van der Waals surface area contributed by atoms with E-state index in [-0.39, 0.29) is 17.4 Å². The number of ether oxygens (including phenoxy) is 1. The Balaban J connectivity index is 1.67. The number of carbonyl (C=O) groups is 1. The summed E-state index contributed by atoms with van der Waals surface area (Å²) < 4.78 is 42.1. The Hall–Kier alpha value is -2.51. The van der Waals surface area contributed by atoms with Crippen LogP contribution in [0.1, 0.15) is 48.5 Å². The molecule has 1 heterocycles. The van der Waals surface area contributed by atoms with Gasteiger partial charge in [-0.25, -0.2) is 4.68 Å². The highest BCUT2D eigenvalue weighted by molar-refractivity contribution is 6.03. The topological polar surface area (TPSA) is 56.2 Å². The summed E-state index contributed by atoms with van der Waals surface area (Å²) in [5.41, 5.74) is 0.242. The molecule has 25 heavy (non-hydrogen) atoms. The molecule has 1 saturated carbocycles. The first-order chi connectivity index (χ1) is 11.9. The Morgan fingerprint density at radius 1 is 1.12 bits per heavy atom. The summed E-state index contributed by atoms with van der Waals surface area (Å²) in [5, 5.41) is 7.07. The maximum absolute atomic E-state index is 12.3. The Kier molecular flexibility index (Phi) is 4.96. The Morgan fingerprint density at radius 2 is 1.80 bits per heavy atom. The average molecular weight is 353 g/mol. The fourth-order valence-electron chi connectivity index (χ4n) is 3.03. The van der Waals surface area contributed by atoms with Gasteiger partial charge >= 0.3 is 6.36 Å². The van der Waals surface area contributed by atoms with Crippen molar-refractivity contribution in [2.24, 2.45) is 0 Å². The van der Waals surface area contributed by atoms with Gasteiger partial charge in [0.1, 0.15) is 11.6 Å². The molecule has 0 aliphatic heterocycles. The molecule has 0 bridgehead atoms. The second-order valence-corrected chi connectivity index (χ2v) is 5.98. The summed E-state index contributed by atoms with van der Waals surface area (Å²) in [4.78, 5) is 12.3. The molecule has 1 fully saturated rings. The van der Waals surface area contributed by atoms with E-state index in [2.05, 4.69) is 15.2 Å². The van der Waals surface area contributed by atoms with Crippen molar-refractivity contribution >= 4 is 11.7 Å². The van der Waals surface area contributed by atoms with Crippen molar-refractivity contribution in [1.29, 1.82) is 0 Å². The Morgan fingerprint density at radius 3 is 2.44 bits per heavy atom. The monoisotopic (exact) mass is 353 g/mol. The van der Waals surface area contributed by atoms with Crippen molar-refractivity contribution in [3.63, 3.8) is 0 Å². The number of nitrogens with one attached hydrogen (secondary N) is 1. The van der Waals surface area contributed by atoms with E-state index in [4.69, 9.17) is 0 Å². The third-order valence-corrected chi connectivity index (χ3v) is 4.18. The molecule has 1 amide bonds. The van der Waals surface area contributed by atoms with Crippen molar-refractivity contribution in [1.82, 2.24) is 9.78 Å². The minimum Gasteiger partial charge on any atom is -0.406 e. The quantitative estimate of drug-likeness (QED) is 0.878. The Bertz CT molecular complexity index is 719. The van der Waals surface area contributed by atoms with Crippen LogP contribution in [0.2, 0.25) is 0 Å². The first-order valence-corrected chi connectivity index (χ1v) is 8.13. The van der Waals surface area contributed by atoms with E-state index in [0.717, 1.165) is 37.8 Å². The van der Waals surface area contributed by atoms with Crippen LogP contribution in [-0.2, 0) is 0 Å². The number of anilines is 1. The van der Waals surface area contributed by atoms with Crippen LogP contribution in [0.3, 0.4) is 0 Å². The number of benzene rings is 1. The zero-order chi connectivity index (χ0) is 17.9. The van der Waals surface area contributed by atoms with Crippen molar-refractivity contribution < 1.29 is 22.7 Å². The van der Waals surface area contributed by atoms with Gasteiger partial charge in [0, 0.05) is 11.6 Å². The molecular weight excluding hydrogens is 335 g/mol. The molecule has 2 aromatic rings. The molecule has 0 saturated heterocycles. The van der Waals surface area contributed by atoms with Gasteiger partial charge in [0.15, 0.2) is 0 Å². The van der Waals surface area contributed by atoms with Crippen LogP contribution in [0, 0.1) is 0 Å². The summed E-state index contributed by atoms with van der Waals surface area (Å²) in [6.45, 7) is 0. The summed E-state index contributed by atoms with van der Waals surface area (Å²) in [5.74, 6) is -0.181. The number of hydrogen-bond donors (Lipinski definition) is 1. The second kappa shape index (κ2) is 7.16. The highest BCUT2D eigenvalue weighted by Crippen LogP contribution is 2.30. The lowest BCUT2D eigenvalue weighted by molar-refractivity contribution is -0.274. The molecular formula is C17H18F3N3O2. The molecule has 5 nitrogen and oxygen atoms in total. The van der Waals surface area contributed by atoms with E-state index in [1.807, 2.05) is 4.68 Å². The minimum absolute atomic E-state index is 0.242. The highest BCUT2D eigenvalue weighted by atomic mass is 19.4. The van der Waals surface area contributed by atoms with Crippen LogP contribution in [0.25, 0.3) is 0 Å². The lowest BCUT2D eigenvalue weighted by Crippen LogP contribution is -2.20. The third-order valence-electron chi connectivity index (χ3n) is 4.18. The molecule has 3 rings (SSSR count). The number of alkyl halides is 3. The molecule has 1 aliphatic rings. The molecule has 134 valence electrons. The van der Waals surface area contributed by atoms with E-state index in [9.17, 15) is 18.0 Å². The van der Waals surface area contributed by atoms with Gasteiger partial charge in [-0.2, -0.15) is 5.10 Å². The van der Waals surface area contributed by atoms with Crippen LogP contribution >= 0.6 is 0 Å². The van der Waals surface area contributed by atoms with Crippen molar-refractivity contribution in [3.8, 4) is 5.75 Å². The number of hydrogen-bond acceptors (Lipinski definition) is 3. The summed E-state index contributed by atoms with van der Waals surface area (Å²) in [7, 11) is 0. The lowest BCUT2D eigenvalue weighted by Gasteiger charge is -2.23. The van der Waals surface area contributed by atoms with Crippen LogP contribution in [0.4, 0.5) is 19.0 Å². The fourth-order valence-corrected chi connectivity index (χ4v) is 3.03. The van der Waals surface area contributed by atoms with Crippen LogP contribution in [-0.4, -0.2) is 22.1 Å². The largest absolute Gasteiger partial charge is 0.573 e. The number of aromatic nitrogens is 2. The maximum Gasteiger partial charge on any atom is 0.573 e. The van der Waals surface area contributed by atoms with E-state index in [0.29, 0.717) is 5.82 Å². The zero-order valence-electron chi connectivity index (χ0n) is 13.4. The van der Waals surface area contributed by atoms with E-state index >= 15 is 0 Å². The van der Waals surface area contributed by atoms with Gasteiger partial charge < -0.3 is 10.1 Å². The molecule has 1 aromatic heterocycles. The van der Waals surface area contributed by atoms with Crippen LogP contribution < -0.4 is 10.1 Å². The molecule has 0 spiro atoms. The van der Waals surface area contributed by atoms with Crippen molar-refractivity contribution in [2.45, 2.75) is 44.5 Å². The second-order valence-electron chi connectivity index (χ2n) is 5.98. The van der Waals surface area contributed by atoms with Crippen molar-refractivity contribution in [2.75, 3.05) is 5.32 Å². The van der Waals surface area contributed by atoms with Gasteiger partial charge in [0.05, 0.1) is 12.2 Å². The highest BCUT2D eigenvalue weighted by Gasteiger charge is 2.31. The predicted molar refractivity (Wildman–Crippen MR) is 85.4 cm³/mol. The van der Waals surface area contributed by atoms with E-state index in [1.165, 1.54) is 18.6 Å². The standard InChI is InChI=1S/C17H18F3N3O2/c18-17(19,20)25-14-8-6-12(7-9-14)16(24)22-15-10-11-21-23(15)13-4-2-1-3-5-13/h6-11,13H,1-5H2,(H,22,24). The number of carbonyl (C=O) groups excluding carboxylic acids is 1. The Labute approximate surface area is 142 Å². The smallest absolute Gasteiger partial charge is 0.406 e. The average Bonchev–Trinajstić information content (AvgIpc) is 3.03. The molecule has 0 unspecified atom stereocenters. The van der Waals surface area contributed by atoms with Gasteiger partial charge in [-0.15, -0.1) is 13.2 Å². The normalized spacial score (nSPS) is 15.8. The SMILES string of the molecule is O=C(Nc1ccnn1C1CCCCC1)c1ccc(OC(F)(F)F)cc1. The lowest BCUT2D eigenvalue weighted by atomic mass is 9.96. The van der Waals surface area contributed by atoms with Gasteiger partial charge in [0.25, 0.3) is 5.91 Å². The number of amides is 1. The van der Waals surface area contributed by atoms with Gasteiger partial charge in [-0.3, -0.25) is 4.79 Å². The molecule has 1 aliphatic carbocycles. The molecule has 1 N–H and O–H groups in total. The van der Waals surface area contributed by atoms with Gasteiger partial charge in [-0.1, -0.05) is 19.3 Å². The van der Waals surface area contributed by atoms with Gasteiger partial charge in [0.2, 0.25) is 0 Å². The van der Waals surface area contributed by atoms with Crippen molar-refractivity contribution in [3.05, 3.63) is 42.1 Å². The summed E-state index contributed by atoms with van der Waals surface area (Å²) in [6.07, 6.45) is 2.41. The maximum atomic E-state index is 12.3. The van der Waals surface area contributed by atoms with E-state index < -0.39 is 12.3 Å². The first kappa shape index (κ1) is 17.3. The summed E-state index contributed by atoms with van der Waals surface area (Å²) in [6, 6.07) is 6.78. The summed E-state index contributed by atoms with van der Waals surface area (Å²) >= 11 is 0. The number of rotatable bonds is 4. The van der Waals surface area contributed by atoms with Gasteiger partial charge in [-0.05, 0) is 37.1 Å². The van der Waals surface area contributed by atoms with Crippen LogP contribution in [0.15, 0.2) is 36.5 Å². The van der Waals surface area contributed by atoms with E-state index in [1.54, 1.807) is 12.3 Å². The molecule has 0 atom stereocenters. The first-order valence-electron chi connectivity index (χ1n) is 8.13. The predicted octanol–water partition coefficient (Wildman–Crippen LogP) is 4.54. The minimum atomic E-state index is -4.75. The molecule has 8 heteroatoms. The third kappa shape index (κ3) is 4.52. The molecule has 0 radical (unpaired) electrons. The fraction of sp³-hybridized carbons (Fsp3) is 0.412. The zero-order valence-corrected chi connectivity index (χ0v) is 13.4. The molecule has 1 aromatic carbocycles. The number of halogens is 3. The number of nitrogens with zero attached hydrogens (tertiary/aromatic N) is 2. The van der Waals surface area contributed by atoms with Crippen LogP contribution in [0.5, 0.6) is 5.75 Å².